The Morgan fingerprint density at radius 2 is 1.77 bits per heavy atom. The molecule has 3 aliphatic heterocycles. The summed E-state index contributed by atoms with van der Waals surface area (Å²) in [5.41, 5.74) is 0.344. The monoisotopic (exact) mass is 442 g/mol. The molecule has 0 spiro atoms. The number of likely N-dealkylation sites (N-methyl/N-ethyl adjacent to an activating group) is 1. The van der Waals surface area contributed by atoms with Gasteiger partial charge >= 0.3 is 5.97 Å². The highest BCUT2D eigenvalue weighted by Crippen LogP contribution is 2.45. The number of hydrogen-bond acceptors (Lipinski definition) is 11. The summed E-state index contributed by atoms with van der Waals surface area (Å²) in [5.74, 6) is -2.22. The zero-order valence-electron chi connectivity index (χ0n) is 17.5. The van der Waals surface area contributed by atoms with Gasteiger partial charge in [0.1, 0.15) is 30.5 Å². The Balaban J connectivity index is 1.74. The van der Waals surface area contributed by atoms with E-state index >= 15 is 0 Å². The highest BCUT2D eigenvalue weighted by Gasteiger charge is 2.58. The Labute approximate surface area is 179 Å². The lowest BCUT2D eigenvalue weighted by atomic mass is 9.73. The average molecular weight is 442 g/mol. The van der Waals surface area contributed by atoms with Gasteiger partial charge < -0.3 is 44.6 Å². The van der Waals surface area contributed by atoms with Crippen LogP contribution in [0.5, 0.6) is 0 Å². The van der Waals surface area contributed by atoms with Gasteiger partial charge in [-0.1, -0.05) is 0 Å². The van der Waals surface area contributed by atoms with Gasteiger partial charge in [-0.15, -0.1) is 0 Å². The molecule has 0 aromatic carbocycles. The van der Waals surface area contributed by atoms with Gasteiger partial charge in [0.2, 0.25) is 0 Å². The van der Waals surface area contributed by atoms with Crippen LogP contribution in [0.25, 0.3) is 0 Å². The lowest BCUT2D eigenvalue weighted by Gasteiger charge is -2.50. The number of aliphatic hydroxyl groups is 5. The predicted octanol–water partition coefficient (Wildman–Crippen LogP) is -2.66. The number of hydrogen-bond donors (Lipinski definition) is 5. The van der Waals surface area contributed by atoms with Crippen molar-refractivity contribution in [3.05, 3.63) is 22.7 Å². The Morgan fingerprint density at radius 3 is 2.39 bits per heavy atom. The maximum Gasteiger partial charge on any atom is 0.335 e. The minimum Gasteiger partial charge on any atom is -0.504 e. The van der Waals surface area contributed by atoms with Gasteiger partial charge in [-0.05, 0) is 7.05 Å². The molecule has 0 bridgehead atoms. The Hall–Kier alpha value is -1.73. The van der Waals surface area contributed by atoms with Gasteiger partial charge in [-0.2, -0.15) is 0 Å². The number of aliphatic hydroxyl groups excluding tert-OH is 5. The van der Waals surface area contributed by atoms with E-state index in [0.717, 1.165) is 26.2 Å². The van der Waals surface area contributed by atoms with Crippen LogP contribution < -0.4 is 0 Å². The smallest absolute Gasteiger partial charge is 0.335 e. The topological polar surface area (TPSA) is 152 Å². The van der Waals surface area contributed by atoms with Gasteiger partial charge in [0.25, 0.3) is 0 Å². The molecule has 3 saturated heterocycles. The summed E-state index contributed by atoms with van der Waals surface area (Å²) in [4.78, 5) is 17.2. The molecule has 4 rings (SSSR count). The van der Waals surface area contributed by atoms with E-state index in [1.54, 1.807) is 0 Å². The molecule has 0 saturated carbocycles. The minimum absolute atomic E-state index is 0.0613. The second-order valence-corrected chi connectivity index (χ2v) is 8.53. The van der Waals surface area contributed by atoms with Crippen molar-refractivity contribution in [2.24, 2.45) is 5.92 Å². The molecule has 1 aliphatic carbocycles. The van der Waals surface area contributed by atoms with Gasteiger partial charge in [0.15, 0.2) is 17.6 Å². The highest BCUT2D eigenvalue weighted by atomic mass is 16.6. The van der Waals surface area contributed by atoms with Crippen LogP contribution in [0.1, 0.15) is 0 Å². The molecule has 0 amide bonds. The lowest BCUT2D eigenvalue weighted by Crippen LogP contribution is -2.66. The molecular formula is C20H30N2O9. The van der Waals surface area contributed by atoms with Crippen molar-refractivity contribution in [2.75, 3.05) is 53.5 Å². The van der Waals surface area contributed by atoms with E-state index in [-0.39, 0.29) is 29.2 Å². The third kappa shape index (κ3) is 3.74. The Morgan fingerprint density at radius 1 is 1.10 bits per heavy atom. The van der Waals surface area contributed by atoms with Gasteiger partial charge in [0, 0.05) is 38.3 Å². The Kier molecular flexibility index (Phi) is 6.28. The third-order valence-electron chi connectivity index (χ3n) is 6.70. The molecule has 5 N–H and O–H groups in total. The summed E-state index contributed by atoms with van der Waals surface area (Å²) < 4.78 is 16.5. The molecule has 0 aromatic heterocycles. The fourth-order valence-corrected chi connectivity index (χ4v) is 4.88. The van der Waals surface area contributed by atoms with Crippen molar-refractivity contribution < 1.29 is 44.5 Å². The van der Waals surface area contributed by atoms with Crippen molar-refractivity contribution in [3.8, 4) is 0 Å². The van der Waals surface area contributed by atoms with Crippen molar-refractivity contribution in [1.29, 1.82) is 0 Å². The first kappa shape index (κ1) is 22.5. The van der Waals surface area contributed by atoms with Crippen molar-refractivity contribution >= 4 is 5.97 Å². The molecule has 7 atom stereocenters. The molecule has 174 valence electrons. The normalized spacial score (nSPS) is 39.8. The standard InChI is InChI=1S/C20H30N2O9/c1-21-3-5-22(6-4-21)7-9-11-12(15(26)18(29-2)13(9)24)17-19(31-20(11)28)16(27)14(25)10(8-23)30-17/h10,12,14-17,19,23-27H,3-8H2,1-2H3. The first-order valence-corrected chi connectivity index (χ1v) is 10.4. The van der Waals surface area contributed by atoms with Crippen molar-refractivity contribution in [1.82, 2.24) is 9.80 Å². The fraction of sp³-hybridized carbons (Fsp3) is 0.750. The van der Waals surface area contributed by atoms with E-state index in [1.807, 2.05) is 7.05 Å². The van der Waals surface area contributed by atoms with Gasteiger partial charge in [-0.25, -0.2) is 4.79 Å². The molecule has 31 heavy (non-hydrogen) atoms. The number of fused-ring (bicyclic) bond motifs is 3. The predicted molar refractivity (Wildman–Crippen MR) is 105 cm³/mol. The molecule has 7 unspecified atom stereocenters. The van der Waals surface area contributed by atoms with E-state index in [9.17, 15) is 30.3 Å². The van der Waals surface area contributed by atoms with Crippen LogP contribution in [0.4, 0.5) is 0 Å². The first-order valence-electron chi connectivity index (χ1n) is 10.4. The molecule has 0 radical (unpaired) electrons. The maximum absolute atomic E-state index is 13.0. The zero-order chi connectivity index (χ0) is 22.4. The summed E-state index contributed by atoms with van der Waals surface area (Å²) in [6.07, 6.45) is -7.79. The number of rotatable bonds is 4. The third-order valence-corrected chi connectivity index (χ3v) is 6.70. The number of carbonyl (C=O) groups is 1. The first-order chi connectivity index (χ1) is 14.8. The number of methoxy groups -OCH3 is 1. The number of piperazine rings is 1. The molecule has 3 fully saturated rings. The van der Waals surface area contributed by atoms with Crippen molar-refractivity contribution in [3.63, 3.8) is 0 Å². The summed E-state index contributed by atoms with van der Waals surface area (Å²) in [5, 5.41) is 52.0. The van der Waals surface area contributed by atoms with E-state index in [1.165, 1.54) is 7.11 Å². The van der Waals surface area contributed by atoms with E-state index < -0.39 is 55.1 Å². The SMILES string of the molecule is COC1=C(O)C(CN2CCN(C)CC2)=C2C(=O)OC3C(O)C(O)C(CO)OC3C2C1O. The summed E-state index contributed by atoms with van der Waals surface area (Å²) in [6, 6.07) is 0. The molecule has 0 aromatic rings. The summed E-state index contributed by atoms with van der Waals surface area (Å²) >= 11 is 0. The summed E-state index contributed by atoms with van der Waals surface area (Å²) in [6.45, 7) is 2.79. The van der Waals surface area contributed by atoms with Crippen LogP contribution in [-0.4, -0.2) is 131 Å². The van der Waals surface area contributed by atoms with Crippen molar-refractivity contribution in [2.45, 2.75) is 36.6 Å². The number of ether oxygens (including phenoxy) is 3. The minimum atomic E-state index is -1.50. The fourth-order valence-electron chi connectivity index (χ4n) is 4.88. The summed E-state index contributed by atoms with van der Waals surface area (Å²) in [7, 11) is 3.33. The number of carbonyl (C=O) groups excluding carboxylic acids is 1. The molecule has 11 heteroatoms. The molecular weight excluding hydrogens is 412 g/mol. The van der Waals surface area contributed by atoms with Gasteiger partial charge in [-0.3, -0.25) is 4.90 Å². The van der Waals surface area contributed by atoms with Crippen LogP contribution in [0.2, 0.25) is 0 Å². The lowest BCUT2D eigenvalue weighted by molar-refractivity contribution is -0.260. The van der Waals surface area contributed by atoms with Gasteiger partial charge in [0.05, 0.1) is 25.2 Å². The van der Waals surface area contributed by atoms with E-state index in [2.05, 4.69) is 9.80 Å². The highest BCUT2D eigenvalue weighted by molar-refractivity contribution is 5.93. The van der Waals surface area contributed by atoms with E-state index in [4.69, 9.17) is 14.2 Å². The van der Waals surface area contributed by atoms with E-state index in [0.29, 0.717) is 0 Å². The quantitative estimate of drug-likeness (QED) is 0.290. The second kappa shape index (κ2) is 8.66. The van der Waals surface area contributed by atoms with Crippen LogP contribution in [0.3, 0.4) is 0 Å². The largest absolute Gasteiger partial charge is 0.504 e. The van der Waals surface area contributed by atoms with Crippen LogP contribution in [0.15, 0.2) is 22.7 Å². The molecule has 3 heterocycles. The number of nitrogens with zero attached hydrogens (tertiary/aromatic N) is 2. The van der Waals surface area contributed by atoms with Crippen LogP contribution in [0, 0.1) is 5.92 Å². The number of esters is 1. The van der Waals surface area contributed by atoms with Crippen LogP contribution in [-0.2, 0) is 19.0 Å². The van der Waals surface area contributed by atoms with Crippen LogP contribution >= 0.6 is 0 Å². The average Bonchev–Trinajstić information content (AvgIpc) is 2.75. The Bertz CT molecular complexity index is 777. The second-order valence-electron chi connectivity index (χ2n) is 8.53. The zero-order valence-corrected chi connectivity index (χ0v) is 17.5. The maximum atomic E-state index is 13.0. The molecule has 4 aliphatic rings. The molecule has 11 nitrogen and oxygen atoms in total.